The van der Waals surface area contributed by atoms with Gasteiger partial charge in [0, 0.05) is 13.2 Å². The highest BCUT2D eigenvalue weighted by Crippen LogP contribution is 1.93. The summed E-state index contributed by atoms with van der Waals surface area (Å²) in [6, 6.07) is 0. The van der Waals surface area contributed by atoms with Gasteiger partial charge in [-0.1, -0.05) is 6.08 Å². The van der Waals surface area contributed by atoms with Gasteiger partial charge in [0.15, 0.2) is 0 Å². The van der Waals surface area contributed by atoms with E-state index in [0.717, 1.165) is 39.0 Å². The minimum Gasteiger partial charge on any atom is -0.381 e. The molecule has 0 amide bonds. The van der Waals surface area contributed by atoms with E-state index in [4.69, 9.17) is 4.74 Å². The first-order valence-electron chi connectivity index (χ1n) is 4.75. The number of hydrogen-bond donors (Lipinski definition) is 1. The SMILES string of the molecule is C=CCCCOCCCCNC. The van der Waals surface area contributed by atoms with Crippen molar-refractivity contribution < 1.29 is 4.74 Å². The van der Waals surface area contributed by atoms with Gasteiger partial charge in [-0.05, 0) is 39.3 Å². The zero-order chi connectivity index (χ0) is 9.07. The average Bonchev–Trinajstić information content (AvgIpc) is 2.10. The highest BCUT2D eigenvalue weighted by Gasteiger charge is 1.88. The van der Waals surface area contributed by atoms with Crippen molar-refractivity contribution in [3.8, 4) is 0 Å². The van der Waals surface area contributed by atoms with Gasteiger partial charge in [0.05, 0.1) is 0 Å². The lowest BCUT2D eigenvalue weighted by Gasteiger charge is -2.02. The van der Waals surface area contributed by atoms with E-state index >= 15 is 0 Å². The fourth-order valence-electron chi connectivity index (χ4n) is 0.938. The molecule has 0 aromatic carbocycles. The van der Waals surface area contributed by atoms with Crippen molar-refractivity contribution in [1.82, 2.24) is 5.32 Å². The van der Waals surface area contributed by atoms with Crippen LogP contribution in [0.4, 0.5) is 0 Å². The fraction of sp³-hybridized carbons (Fsp3) is 0.800. The molecule has 0 radical (unpaired) electrons. The molecule has 0 atom stereocenters. The minimum atomic E-state index is 0.881. The molecule has 1 N–H and O–H groups in total. The van der Waals surface area contributed by atoms with Crippen molar-refractivity contribution in [2.75, 3.05) is 26.8 Å². The number of unbranched alkanes of at least 4 members (excludes halogenated alkanes) is 2. The highest BCUT2D eigenvalue weighted by molar-refractivity contribution is 4.64. The molecule has 0 aromatic rings. The Balaban J connectivity index is 2.77. The van der Waals surface area contributed by atoms with Crippen molar-refractivity contribution in [2.45, 2.75) is 25.7 Å². The maximum absolute atomic E-state index is 5.41. The Bertz CT molecular complexity index is 93.8. The molecule has 0 saturated carbocycles. The van der Waals surface area contributed by atoms with E-state index in [0.29, 0.717) is 0 Å². The zero-order valence-corrected chi connectivity index (χ0v) is 8.14. The lowest BCUT2D eigenvalue weighted by molar-refractivity contribution is 0.129. The Labute approximate surface area is 76.0 Å². The summed E-state index contributed by atoms with van der Waals surface area (Å²) in [5, 5.41) is 3.11. The summed E-state index contributed by atoms with van der Waals surface area (Å²) < 4.78 is 5.41. The number of ether oxygens (including phenoxy) is 1. The van der Waals surface area contributed by atoms with Crippen molar-refractivity contribution in [3.63, 3.8) is 0 Å². The molecule has 0 spiro atoms. The quantitative estimate of drug-likeness (QED) is 0.423. The van der Waals surface area contributed by atoms with Gasteiger partial charge >= 0.3 is 0 Å². The summed E-state index contributed by atoms with van der Waals surface area (Å²) in [6.07, 6.45) is 6.48. The van der Waals surface area contributed by atoms with Crippen molar-refractivity contribution in [2.24, 2.45) is 0 Å². The molecule has 0 aliphatic rings. The molecular weight excluding hydrogens is 150 g/mol. The van der Waals surface area contributed by atoms with Crippen LogP contribution >= 0.6 is 0 Å². The molecule has 0 aliphatic carbocycles. The number of nitrogens with one attached hydrogen (secondary N) is 1. The Morgan fingerprint density at radius 1 is 1.25 bits per heavy atom. The van der Waals surface area contributed by atoms with E-state index in [2.05, 4.69) is 11.9 Å². The molecule has 0 aliphatic heterocycles. The summed E-state index contributed by atoms with van der Waals surface area (Å²) >= 11 is 0. The number of rotatable bonds is 9. The smallest absolute Gasteiger partial charge is 0.0468 e. The molecule has 2 nitrogen and oxygen atoms in total. The lowest BCUT2D eigenvalue weighted by atomic mass is 10.3. The first-order valence-corrected chi connectivity index (χ1v) is 4.75. The van der Waals surface area contributed by atoms with Crippen LogP contribution in [0.3, 0.4) is 0 Å². The fourth-order valence-corrected chi connectivity index (χ4v) is 0.938. The Morgan fingerprint density at radius 2 is 2.00 bits per heavy atom. The summed E-state index contributed by atoms with van der Waals surface area (Å²) in [5.74, 6) is 0. The van der Waals surface area contributed by atoms with Gasteiger partial charge < -0.3 is 10.1 Å². The Kier molecular flexibility index (Phi) is 10.4. The van der Waals surface area contributed by atoms with Crippen LogP contribution < -0.4 is 5.32 Å². The maximum atomic E-state index is 5.41. The third-order valence-electron chi connectivity index (χ3n) is 1.66. The van der Waals surface area contributed by atoms with Crippen molar-refractivity contribution in [1.29, 1.82) is 0 Å². The van der Waals surface area contributed by atoms with Crippen LogP contribution in [-0.4, -0.2) is 26.8 Å². The van der Waals surface area contributed by atoms with Crippen LogP contribution in [0.5, 0.6) is 0 Å². The molecule has 0 rings (SSSR count). The largest absolute Gasteiger partial charge is 0.381 e. The van der Waals surface area contributed by atoms with Crippen LogP contribution in [-0.2, 0) is 4.74 Å². The standard InChI is InChI=1S/C10H21NO/c1-3-4-6-9-12-10-7-5-8-11-2/h3,11H,1,4-10H2,2H3. The molecule has 0 fully saturated rings. The monoisotopic (exact) mass is 171 g/mol. The van der Waals surface area contributed by atoms with Gasteiger partial charge in [-0.25, -0.2) is 0 Å². The molecule has 0 heterocycles. The number of allylic oxidation sites excluding steroid dienone is 1. The third-order valence-corrected chi connectivity index (χ3v) is 1.66. The molecule has 0 saturated heterocycles. The van der Waals surface area contributed by atoms with E-state index in [9.17, 15) is 0 Å². The Morgan fingerprint density at radius 3 is 2.67 bits per heavy atom. The molecule has 2 heteroatoms. The van der Waals surface area contributed by atoms with Crippen molar-refractivity contribution >= 4 is 0 Å². The minimum absolute atomic E-state index is 0.881. The van der Waals surface area contributed by atoms with E-state index in [1.54, 1.807) is 0 Å². The van der Waals surface area contributed by atoms with Crippen LogP contribution in [0.2, 0.25) is 0 Å². The van der Waals surface area contributed by atoms with Gasteiger partial charge in [0.25, 0.3) is 0 Å². The Hall–Kier alpha value is -0.340. The van der Waals surface area contributed by atoms with Crippen LogP contribution in [0.1, 0.15) is 25.7 Å². The first-order chi connectivity index (χ1) is 5.91. The predicted octanol–water partition coefficient (Wildman–Crippen LogP) is 1.97. The van der Waals surface area contributed by atoms with Crippen molar-refractivity contribution in [3.05, 3.63) is 12.7 Å². The third kappa shape index (κ3) is 9.66. The van der Waals surface area contributed by atoms with Gasteiger partial charge in [-0.15, -0.1) is 6.58 Å². The van der Waals surface area contributed by atoms with Crippen LogP contribution in [0, 0.1) is 0 Å². The van der Waals surface area contributed by atoms with Crippen LogP contribution in [0.25, 0.3) is 0 Å². The molecule has 0 aromatic heterocycles. The van der Waals surface area contributed by atoms with Gasteiger partial charge in [-0.2, -0.15) is 0 Å². The van der Waals surface area contributed by atoms with Gasteiger partial charge in [0.1, 0.15) is 0 Å². The number of hydrogen-bond acceptors (Lipinski definition) is 2. The summed E-state index contributed by atoms with van der Waals surface area (Å²) in [4.78, 5) is 0. The first kappa shape index (κ1) is 11.7. The molecule has 0 bridgehead atoms. The molecule has 72 valence electrons. The zero-order valence-electron chi connectivity index (χ0n) is 8.14. The normalized spacial score (nSPS) is 10.1. The second-order valence-corrected chi connectivity index (χ2v) is 2.85. The molecular formula is C10H21NO. The summed E-state index contributed by atoms with van der Waals surface area (Å²) in [7, 11) is 1.98. The average molecular weight is 171 g/mol. The van der Waals surface area contributed by atoms with E-state index in [1.165, 1.54) is 6.42 Å². The van der Waals surface area contributed by atoms with E-state index in [-0.39, 0.29) is 0 Å². The second-order valence-electron chi connectivity index (χ2n) is 2.85. The summed E-state index contributed by atoms with van der Waals surface area (Å²) in [5.41, 5.74) is 0. The summed E-state index contributed by atoms with van der Waals surface area (Å²) in [6.45, 7) is 6.53. The highest BCUT2D eigenvalue weighted by atomic mass is 16.5. The van der Waals surface area contributed by atoms with Gasteiger partial charge in [0.2, 0.25) is 0 Å². The topological polar surface area (TPSA) is 21.3 Å². The van der Waals surface area contributed by atoms with Gasteiger partial charge in [-0.3, -0.25) is 0 Å². The van der Waals surface area contributed by atoms with Crippen LogP contribution in [0.15, 0.2) is 12.7 Å². The second kappa shape index (κ2) is 10.7. The molecule has 12 heavy (non-hydrogen) atoms. The van der Waals surface area contributed by atoms with E-state index < -0.39 is 0 Å². The maximum Gasteiger partial charge on any atom is 0.0468 e. The molecule has 0 unspecified atom stereocenters. The predicted molar refractivity (Wildman–Crippen MR) is 53.4 cm³/mol. The lowest BCUT2D eigenvalue weighted by Crippen LogP contribution is -2.08. The van der Waals surface area contributed by atoms with E-state index in [1.807, 2.05) is 13.1 Å².